The summed E-state index contributed by atoms with van der Waals surface area (Å²) in [6.07, 6.45) is 9.85. The topological polar surface area (TPSA) is 18.5 Å². The van der Waals surface area contributed by atoms with Crippen LogP contribution in [0.3, 0.4) is 0 Å². The Labute approximate surface area is 151 Å². The second-order valence-electron chi connectivity index (χ2n) is 6.83. The molecule has 0 N–H and O–H groups in total. The Balaban J connectivity index is 1.60. The van der Waals surface area contributed by atoms with E-state index in [1.165, 1.54) is 32.1 Å². The van der Waals surface area contributed by atoms with Gasteiger partial charge in [0.15, 0.2) is 11.5 Å². The van der Waals surface area contributed by atoms with E-state index in [1.807, 2.05) is 42.5 Å². The zero-order chi connectivity index (χ0) is 17.3. The van der Waals surface area contributed by atoms with Crippen LogP contribution in [-0.2, 0) is 6.61 Å². The molecule has 1 aliphatic carbocycles. The second kappa shape index (κ2) is 9.31. The summed E-state index contributed by atoms with van der Waals surface area (Å²) < 4.78 is 12.1. The number of benzene rings is 2. The smallest absolute Gasteiger partial charge is 0.162 e. The van der Waals surface area contributed by atoms with Crippen LogP contribution in [0.5, 0.6) is 11.5 Å². The highest BCUT2D eigenvalue weighted by atomic mass is 16.5. The first kappa shape index (κ1) is 17.6. The van der Waals surface area contributed by atoms with Gasteiger partial charge >= 0.3 is 0 Å². The Bertz CT molecular complexity index is 657. The van der Waals surface area contributed by atoms with Crippen LogP contribution in [0.25, 0.3) is 6.08 Å². The van der Waals surface area contributed by atoms with Crippen molar-refractivity contribution in [2.24, 2.45) is 5.92 Å². The molecule has 0 saturated heterocycles. The maximum absolute atomic E-state index is 6.07. The molecule has 2 aromatic rings. The van der Waals surface area contributed by atoms with E-state index < -0.39 is 0 Å². The van der Waals surface area contributed by atoms with E-state index >= 15 is 0 Å². The highest BCUT2D eigenvalue weighted by molar-refractivity contribution is 5.54. The Kier molecular flexibility index (Phi) is 6.55. The number of ether oxygens (including phenoxy) is 2. The van der Waals surface area contributed by atoms with Gasteiger partial charge in [-0.25, -0.2) is 0 Å². The zero-order valence-electron chi connectivity index (χ0n) is 15.0. The molecule has 2 aromatic carbocycles. The van der Waals surface area contributed by atoms with Crippen LogP contribution in [0.15, 0.2) is 55.1 Å². The molecular weight excluding hydrogens is 308 g/mol. The van der Waals surface area contributed by atoms with Crippen LogP contribution >= 0.6 is 0 Å². The van der Waals surface area contributed by atoms with Gasteiger partial charge in [-0.3, -0.25) is 0 Å². The molecule has 1 saturated carbocycles. The summed E-state index contributed by atoms with van der Waals surface area (Å²) >= 11 is 0. The van der Waals surface area contributed by atoms with Crippen molar-refractivity contribution in [1.29, 1.82) is 0 Å². The predicted molar refractivity (Wildman–Crippen MR) is 104 cm³/mol. The fourth-order valence-electron chi connectivity index (χ4n) is 3.43. The summed E-state index contributed by atoms with van der Waals surface area (Å²) in [5.74, 6) is 2.46. The molecule has 0 amide bonds. The van der Waals surface area contributed by atoms with Gasteiger partial charge in [0.1, 0.15) is 6.61 Å². The molecule has 0 aromatic heterocycles. The number of hydrogen-bond acceptors (Lipinski definition) is 2. The summed E-state index contributed by atoms with van der Waals surface area (Å²) in [6.45, 7) is 5.15. The molecule has 0 unspecified atom stereocenters. The van der Waals surface area contributed by atoms with Crippen LogP contribution in [0, 0.1) is 5.92 Å². The lowest BCUT2D eigenvalue weighted by molar-refractivity contribution is 0.228. The van der Waals surface area contributed by atoms with Gasteiger partial charge in [-0.05, 0) is 35.6 Å². The lowest BCUT2D eigenvalue weighted by atomic mass is 9.87. The normalized spacial score (nSPS) is 14.9. The minimum Gasteiger partial charge on any atom is -0.490 e. The van der Waals surface area contributed by atoms with Gasteiger partial charge in [0.2, 0.25) is 0 Å². The average Bonchev–Trinajstić information content (AvgIpc) is 2.68. The minimum absolute atomic E-state index is 0.542. The molecule has 0 atom stereocenters. The molecule has 1 aliphatic rings. The molecule has 3 rings (SSSR count). The van der Waals surface area contributed by atoms with Gasteiger partial charge in [0.25, 0.3) is 0 Å². The van der Waals surface area contributed by atoms with E-state index in [-0.39, 0.29) is 0 Å². The van der Waals surface area contributed by atoms with E-state index in [4.69, 9.17) is 9.47 Å². The van der Waals surface area contributed by atoms with E-state index in [0.717, 1.165) is 41.6 Å². The Hall–Kier alpha value is -2.22. The first-order valence-corrected chi connectivity index (χ1v) is 9.41. The van der Waals surface area contributed by atoms with Crippen molar-refractivity contribution in [2.45, 2.75) is 45.1 Å². The van der Waals surface area contributed by atoms with Gasteiger partial charge in [-0.15, -0.1) is 0 Å². The average molecular weight is 336 g/mol. The SMILES string of the molecule is C=Cc1ccc(OCCC2CCCCC2)c(OCc2ccccc2)c1. The summed E-state index contributed by atoms with van der Waals surface area (Å²) in [7, 11) is 0. The van der Waals surface area contributed by atoms with Gasteiger partial charge in [-0.2, -0.15) is 0 Å². The third-order valence-corrected chi connectivity index (χ3v) is 4.95. The molecular formula is C23H28O2. The van der Waals surface area contributed by atoms with Crippen molar-refractivity contribution in [3.8, 4) is 11.5 Å². The van der Waals surface area contributed by atoms with Crippen LogP contribution in [-0.4, -0.2) is 6.61 Å². The molecule has 0 bridgehead atoms. The molecule has 0 heterocycles. The highest BCUT2D eigenvalue weighted by Gasteiger charge is 2.14. The number of hydrogen-bond donors (Lipinski definition) is 0. The minimum atomic E-state index is 0.542. The van der Waals surface area contributed by atoms with E-state index in [1.54, 1.807) is 0 Å². The summed E-state index contributed by atoms with van der Waals surface area (Å²) in [6, 6.07) is 16.2. The van der Waals surface area contributed by atoms with Gasteiger partial charge < -0.3 is 9.47 Å². The third kappa shape index (κ3) is 5.38. The van der Waals surface area contributed by atoms with Crippen molar-refractivity contribution in [1.82, 2.24) is 0 Å². The lowest BCUT2D eigenvalue weighted by Crippen LogP contribution is -2.11. The third-order valence-electron chi connectivity index (χ3n) is 4.95. The van der Waals surface area contributed by atoms with Crippen molar-refractivity contribution in [3.63, 3.8) is 0 Å². The van der Waals surface area contributed by atoms with Crippen LogP contribution in [0.1, 0.15) is 49.7 Å². The number of rotatable bonds is 8. The van der Waals surface area contributed by atoms with Crippen LogP contribution in [0.4, 0.5) is 0 Å². The molecule has 2 heteroatoms. The summed E-state index contributed by atoms with van der Waals surface area (Å²) in [5.41, 5.74) is 2.20. The van der Waals surface area contributed by atoms with Gasteiger partial charge in [0.05, 0.1) is 6.61 Å². The first-order chi connectivity index (χ1) is 12.3. The summed E-state index contributed by atoms with van der Waals surface area (Å²) in [4.78, 5) is 0. The van der Waals surface area contributed by atoms with Crippen molar-refractivity contribution < 1.29 is 9.47 Å². The fourth-order valence-corrected chi connectivity index (χ4v) is 3.43. The van der Waals surface area contributed by atoms with Gasteiger partial charge in [-0.1, -0.05) is 81.2 Å². The fraction of sp³-hybridized carbons (Fsp3) is 0.391. The van der Waals surface area contributed by atoms with Crippen molar-refractivity contribution in [3.05, 3.63) is 66.2 Å². The van der Waals surface area contributed by atoms with Gasteiger partial charge in [0, 0.05) is 0 Å². The van der Waals surface area contributed by atoms with E-state index in [0.29, 0.717) is 6.61 Å². The zero-order valence-corrected chi connectivity index (χ0v) is 15.0. The molecule has 0 radical (unpaired) electrons. The Morgan fingerprint density at radius 3 is 2.48 bits per heavy atom. The second-order valence-corrected chi connectivity index (χ2v) is 6.83. The molecule has 0 aliphatic heterocycles. The monoisotopic (exact) mass is 336 g/mol. The maximum Gasteiger partial charge on any atom is 0.162 e. The van der Waals surface area contributed by atoms with Crippen molar-refractivity contribution >= 4 is 6.08 Å². The molecule has 25 heavy (non-hydrogen) atoms. The summed E-state index contributed by atoms with van der Waals surface area (Å²) in [5, 5.41) is 0. The predicted octanol–water partition coefficient (Wildman–Crippen LogP) is 6.26. The molecule has 1 fully saturated rings. The standard InChI is InChI=1S/C23H28O2/c1-2-19-13-14-22(24-16-15-20-9-5-3-6-10-20)23(17-19)25-18-21-11-7-4-8-12-21/h2,4,7-8,11-14,17,20H,1,3,5-6,9-10,15-16,18H2. The molecule has 0 spiro atoms. The molecule has 2 nitrogen and oxygen atoms in total. The van der Waals surface area contributed by atoms with Crippen molar-refractivity contribution in [2.75, 3.05) is 6.61 Å². The quantitative estimate of drug-likeness (QED) is 0.566. The first-order valence-electron chi connectivity index (χ1n) is 9.41. The maximum atomic E-state index is 6.07. The Morgan fingerprint density at radius 1 is 0.920 bits per heavy atom. The van der Waals surface area contributed by atoms with Crippen LogP contribution in [0.2, 0.25) is 0 Å². The largest absolute Gasteiger partial charge is 0.490 e. The Morgan fingerprint density at radius 2 is 1.72 bits per heavy atom. The van der Waals surface area contributed by atoms with E-state index in [2.05, 4.69) is 18.7 Å². The lowest BCUT2D eigenvalue weighted by Gasteiger charge is -2.21. The highest BCUT2D eigenvalue weighted by Crippen LogP contribution is 2.31. The molecule has 132 valence electrons. The van der Waals surface area contributed by atoms with E-state index in [9.17, 15) is 0 Å². The van der Waals surface area contributed by atoms with Crippen LogP contribution < -0.4 is 9.47 Å².